The average molecular weight is 297 g/mol. The molecule has 2 aromatic carbocycles. The number of benzene rings is 2. The van der Waals surface area contributed by atoms with E-state index in [2.05, 4.69) is 40.3 Å². The number of rotatable bonds is 4. The summed E-state index contributed by atoms with van der Waals surface area (Å²) in [5, 5.41) is 9.40. The first-order chi connectivity index (χ1) is 10.2. The molecule has 0 spiro atoms. The van der Waals surface area contributed by atoms with Gasteiger partial charge in [-0.15, -0.1) is 11.3 Å². The van der Waals surface area contributed by atoms with Crippen molar-refractivity contribution in [1.29, 1.82) is 0 Å². The van der Waals surface area contributed by atoms with E-state index in [1.54, 1.807) is 11.3 Å². The fourth-order valence-corrected chi connectivity index (χ4v) is 3.14. The standard InChI is InChI=1S/C16H15N3OS/c17-16(20)19-13-7-5-12(6-8-13)18-9-11-10-21-15-4-2-1-3-14(11)15/h1-8,10,18H,9H2,(H3,17,19,20). The average Bonchev–Trinajstić information content (AvgIpc) is 2.89. The van der Waals surface area contributed by atoms with Crippen LogP contribution in [0.1, 0.15) is 5.56 Å². The molecule has 2 amide bonds. The molecule has 0 saturated carbocycles. The van der Waals surface area contributed by atoms with Crippen LogP contribution in [-0.2, 0) is 6.54 Å². The molecule has 0 bridgehead atoms. The van der Waals surface area contributed by atoms with Gasteiger partial charge in [0.05, 0.1) is 0 Å². The summed E-state index contributed by atoms with van der Waals surface area (Å²) in [5.41, 5.74) is 8.05. The maximum atomic E-state index is 10.8. The van der Waals surface area contributed by atoms with Gasteiger partial charge in [-0.1, -0.05) is 18.2 Å². The number of anilines is 2. The van der Waals surface area contributed by atoms with E-state index in [0.717, 1.165) is 12.2 Å². The molecule has 4 nitrogen and oxygen atoms in total. The molecule has 0 aliphatic heterocycles. The molecule has 0 aliphatic carbocycles. The Bertz CT molecular complexity index is 765. The van der Waals surface area contributed by atoms with Crippen molar-refractivity contribution in [3.63, 3.8) is 0 Å². The Labute approximate surface area is 126 Å². The summed E-state index contributed by atoms with van der Waals surface area (Å²) < 4.78 is 1.30. The van der Waals surface area contributed by atoms with E-state index in [1.165, 1.54) is 15.6 Å². The van der Waals surface area contributed by atoms with Crippen LogP contribution in [0.25, 0.3) is 10.1 Å². The summed E-state index contributed by atoms with van der Waals surface area (Å²) in [6.45, 7) is 0.770. The number of nitrogens with two attached hydrogens (primary N) is 1. The second-order valence-electron chi connectivity index (χ2n) is 4.68. The maximum absolute atomic E-state index is 10.8. The fraction of sp³-hybridized carbons (Fsp3) is 0.0625. The molecular formula is C16H15N3OS. The molecule has 1 aromatic heterocycles. The summed E-state index contributed by atoms with van der Waals surface area (Å²) in [7, 11) is 0. The summed E-state index contributed by atoms with van der Waals surface area (Å²) in [4.78, 5) is 10.8. The van der Waals surface area contributed by atoms with Gasteiger partial charge in [-0.2, -0.15) is 0 Å². The van der Waals surface area contributed by atoms with Gasteiger partial charge in [0.2, 0.25) is 0 Å². The predicted octanol–water partition coefficient (Wildman–Crippen LogP) is 4.00. The minimum Gasteiger partial charge on any atom is -0.381 e. The Balaban J connectivity index is 1.68. The zero-order valence-corrected chi connectivity index (χ0v) is 12.1. The highest BCUT2D eigenvalue weighted by atomic mass is 32.1. The Morgan fingerprint density at radius 2 is 1.76 bits per heavy atom. The molecule has 0 saturated heterocycles. The number of carbonyl (C=O) groups is 1. The maximum Gasteiger partial charge on any atom is 0.316 e. The van der Waals surface area contributed by atoms with Crippen molar-refractivity contribution in [2.75, 3.05) is 10.6 Å². The van der Waals surface area contributed by atoms with Crippen LogP contribution in [-0.4, -0.2) is 6.03 Å². The molecule has 1 heterocycles. The number of nitrogens with one attached hydrogen (secondary N) is 2. The van der Waals surface area contributed by atoms with Crippen molar-refractivity contribution in [3.8, 4) is 0 Å². The molecule has 4 N–H and O–H groups in total. The Kier molecular flexibility index (Phi) is 3.75. The molecule has 3 aromatic rings. The van der Waals surface area contributed by atoms with E-state index in [-0.39, 0.29) is 0 Å². The van der Waals surface area contributed by atoms with Gasteiger partial charge in [-0.05, 0) is 46.7 Å². The molecule has 0 atom stereocenters. The minimum absolute atomic E-state index is 0.555. The SMILES string of the molecule is NC(=O)Nc1ccc(NCc2csc3ccccc23)cc1. The predicted molar refractivity (Wildman–Crippen MR) is 88.8 cm³/mol. The van der Waals surface area contributed by atoms with E-state index >= 15 is 0 Å². The summed E-state index contributed by atoms with van der Waals surface area (Å²) >= 11 is 1.76. The van der Waals surface area contributed by atoms with Crippen molar-refractivity contribution < 1.29 is 4.79 Å². The molecule has 106 valence electrons. The second-order valence-corrected chi connectivity index (χ2v) is 5.59. The van der Waals surface area contributed by atoms with Crippen molar-refractivity contribution in [1.82, 2.24) is 0 Å². The molecule has 0 unspecified atom stereocenters. The summed E-state index contributed by atoms with van der Waals surface area (Å²) in [6, 6.07) is 15.3. The largest absolute Gasteiger partial charge is 0.381 e. The Morgan fingerprint density at radius 3 is 2.52 bits per heavy atom. The van der Waals surface area contributed by atoms with Gasteiger partial charge in [-0.3, -0.25) is 0 Å². The van der Waals surface area contributed by atoms with Gasteiger partial charge >= 0.3 is 6.03 Å². The smallest absolute Gasteiger partial charge is 0.316 e. The molecule has 21 heavy (non-hydrogen) atoms. The van der Waals surface area contributed by atoms with E-state index < -0.39 is 6.03 Å². The lowest BCUT2D eigenvalue weighted by atomic mass is 10.2. The first kappa shape index (κ1) is 13.5. The first-order valence-electron chi connectivity index (χ1n) is 6.58. The number of hydrogen-bond acceptors (Lipinski definition) is 3. The highest BCUT2D eigenvalue weighted by Gasteiger charge is 2.03. The van der Waals surface area contributed by atoms with Gasteiger partial charge in [0.25, 0.3) is 0 Å². The summed E-state index contributed by atoms with van der Waals surface area (Å²) in [6.07, 6.45) is 0. The van der Waals surface area contributed by atoms with Gasteiger partial charge in [0.15, 0.2) is 0 Å². The van der Waals surface area contributed by atoms with Crippen molar-refractivity contribution >= 4 is 38.8 Å². The third-order valence-electron chi connectivity index (χ3n) is 3.20. The quantitative estimate of drug-likeness (QED) is 0.681. The zero-order chi connectivity index (χ0) is 14.7. The number of urea groups is 1. The van der Waals surface area contributed by atoms with Crippen molar-refractivity contribution in [2.24, 2.45) is 5.73 Å². The van der Waals surface area contributed by atoms with Crippen LogP contribution in [0.2, 0.25) is 0 Å². The van der Waals surface area contributed by atoms with Gasteiger partial charge in [0, 0.05) is 22.6 Å². The van der Waals surface area contributed by atoms with Crippen LogP contribution in [0.5, 0.6) is 0 Å². The normalized spacial score (nSPS) is 10.5. The molecular weight excluding hydrogens is 282 g/mol. The van der Waals surface area contributed by atoms with E-state index in [0.29, 0.717) is 5.69 Å². The first-order valence-corrected chi connectivity index (χ1v) is 7.46. The third-order valence-corrected chi connectivity index (χ3v) is 4.21. The lowest BCUT2D eigenvalue weighted by Gasteiger charge is -2.07. The second kappa shape index (κ2) is 5.85. The molecule has 0 aliphatic rings. The van der Waals surface area contributed by atoms with E-state index in [4.69, 9.17) is 5.73 Å². The number of carbonyl (C=O) groups excluding carboxylic acids is 1. The minimum atomic E-state index is -0.555. The molecule has 0 fully saturated rings. The van der Waals surface area contributed by atoms with Gasteiger partial charge in [-0.25, -0.2) is 4.79 Å². The van der Waals surface area contributed by atoms with Crippen LogP contribution < -0.4 is 16.4 Å². The van der Waals surface area contributed by atoms with E-state index in [9.17, 15) is 4.79 Å². The van der Waals surface area contributed by atoms with Crippen LogP contribution in [0.15, 0.2) is 53.9 Å². The van der Waals surface area contributed by atoms with E-state index in [1.807, 2.05) is 24.3 Å². The number of thiophene rings is 1. The van der Waals surface area contributed by atoms with Crippen molar-refractivity contribution in [3.05, 3.63) is 59.5 Å². The fourth-order valence-electron chi connectivity index (χ4n) is 2.18. The van der Waals surface area contributed by atoms with Crippen LogP contribution in [0.4, 0.5) is 16.2 Å². The number of amides is 2. The summed E-state index contributed by atoms with van der Waals surface area (Å²) in [5.74, 6) is 0. The Hall–Kier alpha value is -2.53. The van der Waals surface area contributed by atoms with Crippen LogP contribution in [0.3, 0.4) is 0 Å². The lowest BCUT2D eigenvalue weighted by molar-refractivity contribution is 0.259. The Morgan fingerprint density at radius 1 is 1.05 bits per heavy atom. The molecule has 3 rings (SSSR count). The topological polar surface area (TPSA) is 67.2 Å². The lowest BCUT2D eigenvalue weighted by Crippen LogP contribution is -2.19. The molecule has 0 radical (unpaired) electrons. The number of fused-ring (bicyclic) bond motifs is 1. The molecule has 5 heteroatoms. The van der Waals surface area contributed by atoms with Crippen molar-refractivity contribution in [2.45, 2.75) is 6.54 Å². The van der Waals surface area contributed by atoms with Gasteiger partial charge < -0.3 is 16.4 Å². The zero-order valence-electron chi connectivity index (χ0n) is 11.3. The third kappa shape index (κ3) is 3.14. The van der Waals surface area contributed by atoms with Crippen LogP contribution >= 0.6 is 11.3 Å². The highest BCUT2D eigenvalue weighted by Crippen LogP contribution is 2.26. The number of primary amides is 1. The monoisotopic (exact) mass is 297 g/mol. The van der Waals surface area contributed by atoms with Crippen LogP contribution in [0, 0.1) is 0 Å². The number of hydrogen-bond donors (Lipinski definition) is 3. The highest BCUT2D eigenvalue weighted by molar-refractivity contribution is 7.17. The van der Waals surface area contributed by atoms with Gasteiger partial charge in [0.1, 0.15) is 0 Å².